The lowest BCUT2D eigenvalue weighted by Gasteiger charge is -2.11. The van der Waals surface area contributed by atoms with Gasteiger partial charge in [-0.25, -0.2) is 9.37 Å². The molecule has 2 aromatic heterocycles. The van der Waals surface area contributed by atoms with Crippen LogP contribution >= 0.6 is 15.9 Å². The average Bonchev–Trinajstić information content (AvgIpc) is 3.41. The number of hydrogen-bond acceptors (Lipinski definition) is 7. The molecule has 0 aliphatic heterocycles. The van der Waals surface area contributed by atoms with Crippen molar-refractivity contribution in [1.29, 1.82) is 0 Å². The van der Waals surface area contributed by atoms with E-state index in [-0.39, 0.29) is 29.4 Å². The number of aromatic nitrogens is 2. The Morgan fingerprint density at radius 2 is 1.80 bits per heavy atom. The second-order valence-corrected chi connectivity index (χ2v) is 9.89. The van der Waals surface area contributed by atoms with Crippen LogP contribution in [-0.4, -0.2) is 20.8 Å². The van der Waals surface area contributed by atoms with Gasteiger partial charge in [-0.1, -0.05) is 58.4 Å². The summed E-state index contributed by atoms with van der Waals surface area (Å²) < 4.78 is 26.7. The number of nitro benzene ring substituents is 1. The van der Waals surface area contributed by atoms with E-state index in [1.165, 1.54) is 36.5 Å². The standard InChI is InChI=1S/C30H18BrFN4O5/c31-21-13-20(28(25(15-21)36(38)39)40-17-18-9-11-22(32)12-10-18)16-33-35-29(27-14-19-5-1-4-8-26(19)41-27)34-24-7-3-2-6-23(24)30(35)37/h1-16H,17H2. The van der Waals surface area contributed by atoms with E-state index in [2.05, 4.69) is 26.0 Å². The normalized spacial score (nSPS) is 11.5. The van der Waals surface area contributed by atoms with Gasteiger partial charge in [0.25, 0.3) is 5.56 Å². The molecule has 0 radical (unpaired) electrons. The molecule has 9 nitrogen and oxygen atoms in total. The van der Waals surface area contributed by atoms with Crippen molar-refractivity contribution in [2.45, 2.75) is 6.61 Å². The molecule has 0 amide bonds. The van der Waals surface area contributed by atoms with Crippen molar-refractivity contribution in [2.24, 2.45) is 5.10 Å². The van der Waals surface area contributed by atoms with Gasteiger partial charge in [0.1, 0.15) is 18.0 Å². The Morgan fingerprint density at radius 1 is 1.05 bits per heavy atom. The summed E-state index contributed by atoms with van der Waals surface area (Å²) in [7, 11) is 0. The zero-order chi connectivity index (χ0) is 28.5. The summed E-state index contributed by atoms with van der Waals surface area (Å²) in [6, 6.07) is 24.5. The number of ether oxygens (including phenoxy) is 1. The lowest BCUT2D eigenvalue weighted by Crippen LogP contribution is -2.20. The van der Waals surface area contributed by atoms with Crippen LogP contribution in [0, 0.1) is 15.9 Å². The third kappa shape index (κ3) is 5.22. The number of benzene rings is 4. The first kappa shape index (κ1) is 26.1. The number of nitrogens with zero attached hydrogens (tertiary/aromatic N) is 4. The fourth-order valence-corrected chi connectivity index (χ4v) is 4.79. The van der Waals surface area contributed by atoms with Gasteiger partial charge in [-0.2, -0.15) is 9.78 Å². The number of rotatable bonds is 7. The fourth-order valence-electron chi connectivity index (χ4n) is 4.33. The Morgan fingerprint density at radius 3 is 2.59 bits per heavy atom. The van der Waals surface area contributed by atoms with E-state index in [9.17, 15) is 19.3 Å². The molecule has 6 rings (SSSR count). The van der Waals surface area contributed by atoms with Gasteiger partial charge >= 0.3 is 5.69 Å². The molecule has 0 N–H and O–H groups in total. The summed E-state index contributed by atoms with van der Waals surface area (Å²) in [5.41, 5.74) is 1.13. The van der Waals surface area contributed by atoms with Gasteiger partial charge in [-0.3, -0.25) is 14.9 Å². The Balaban J connectivity index is 1.49. The summed E-state index contributed by atoms with van der Waals surface area (Å²) in [5.74, 6) is -0.0112. The quantitative estimate of drug-likeness (QED) is 0.108. The van der Waals surface area contributed by atoms with Crippen LogP contribution in [-0.2, 0) is 6.61 Å². The molecule has 202 valence electrons. The van der Waals surface area contributed by atoms with Gasteiger partial charge in [0.15, 0.2) is 5.76 Å². The number of fused-ring (bicyclic) bond motifs is 2. The van der Waals surface area contributed by atoms with Crippen molar-refractivity contribution in [3.8, 4) is 17.3 Å². The SMILES string of the molecule is O=c1c2ccccc2nc(-c2cc3ccccc3o2)n1N=Cc1cc(Br)cc([N+](=O)[O-])c1OCc1ccc(F)cc1. The Bertz CT molecular complexity index is 2000. The molecule has 0 spiro atoms. The van der Waals surface area contributed by atoms with Crippen LogP contribution in [0.2, 0.25) is 0 Å². The van der Waals surface area contributed by atoms with Crippen LogP contribution in [0.5, 0.6) is 5.75 Å². The summed E-state index contributed by atoms with van der Waals surface area (Å²) in [6.45, 7) is -0.0642. The first-order valence-electron chi connectivity index (χ1n) is 12.3. The van der Waals surface area contributed by atoms with Gasteiger partial charge in [-0.15, -0.1) is 0 Å². The maximum Gasteiger partial charge on any atom is 0.312 e. The summed E-state index contributed by atoms with van der Waals surface area (Å²) >= 11 is 3.30. The van der Waals surface area contributed by atoms with Crippen molar-refractivity contribution in [3.05, 3.63) is 133 Å². The third-order valence-corrected chi connectivity index (χ3v) is 6.73. The van der Waals surface area contributed by atoms with Crippen LogP contribution in [0.4, 0.5) is 10.1 Å². The maximum atomic E-state index is 13.6. The Kier molecular flexibility index (Phi) is 6.86. The number of nitro groups is 1. The maximum absolute atomic E-state index is 13.6. The number of furan rings is 1. The molecule has 2 heterocycles. The van der Waals surface area contributed by atoms with Crippen molar-refractivity contribution >= 4 is 49.7 Å². The zero-order valence-corrected chi connectivity index (χ0v) is 22.6. The van der Waals surface area contributed by atoms with E-state index < -0.39 is 16.3 Å². The molecule has 0 saturated carbocycles. The number of halogens is 2. The molecule has 0 aliphatic carbocycles. The highest BCUT2D eigenvalue weighted by molar-refractivity contribution is 9.10. The van der Waals surface area contributed by atoms with E-state index >= 15 is 0 Å². The first-order valence-corrected chi connectivity index (χ1v) is 13.1. The highest BCUT2D eigenvalue weighted by atomic mass is 79.9. The van der Waals surface area contributed by atoms with Gasteiger partial charge in [0, 0.05) is 21.5 Å². The molecule has 0 saturated heterocycles. The second kappa shape index (κ2) is 10.8. The Labute approximate surface area is 239 Å². The van der Waals surface area contributed by atoms with Crippen LogP contribution in [0.25, 0.3) is 33.5 Å². The van der Waals surface area contributed by atoms with Crippen molar-refractivity contribution in [2.75, 3.05) is 0 Å². The van der Waals surface area contributed by atoms with Crippen LogP contribution in [0.3, 0.4) is 0 Å². The fraction of sp³-hybridized carbons (Fsp3) is 0.0333. The monoisotopic (exact) mass is 612 g/mol. The largest absolute Gasteiger partial charge is 0.481 e. The summed E-state index contributed by atoms with van der Waals surface area (Å²) in [6.07, 6.45) is 1.29. The highest BCUT2D eigenvalue weighted by Crippen LogP contribution is 2.35. The van der Waals surface area contributed by atoms with Gasteiger partial charge < -0.3 is 9.15 Å². The van der Waals surface area contributed by atoms with Crippen LogP contribution < -0.4 is 10.3 Å². The first-order chi connectivity index (χ1) is 19.9. The Hall–Kier alpha value is -5.16. The predicted molar refractivity (Wildman–Crippen MR) is 156 cm³/mol. The molecule has 4 aromatic carbocycles. The molecule has 41 heavy (non-hydrogen) atoms. The van der Waals surface area contributed by atoms with Crippen molar-refractivity contribution in [3.63, 3.8) is 0 Å². The minimum absolute atomic E-state index is 0.0642. The average molecular weight is 613 g/mol. The smallest absolute Gasteiger partial charge is 0.312 e. The van der Waals surface area contributed by atoms with Crippen LogP contribution in [0.15, 0.2) is 110 Å². The zero-order valence-electron chi connectivity index (χ0n) is 21.0. The topological polar surface area (TPSA) is 113 Å². The van der Waals surface area contributed by atoms with E-state index in [4.69, 9.17) is 9.15 Å². The molecular weight excluding hydrogens is 595 g/mol. The van der Waals surface area contributed by atoms with E-state index in [0.29, 0.717) is 32.3 Å². The van der Waals surface area contributed by atoms with Gasteiger partial charge in [0.2, 0.25) is 11.6 Å². The van der Waals surface area contributed by atoms with E-state index in [0.717, 1.165) is 10.1 Å². The molecule has 0 unspecified atom stereocenters. The third-order valence-electron chi connectivity index (χ3n) is 6.27. The minimum Gasteiger partial charge on any atom is -0.481 e. The van der Waals surface area contributed by atoms with Crippen molar-refractivity contribution < 1.29 is 18.5 Å². The molecule has 6 aromatic rings. The molecule has 0 aliphatic rings. The van der Waals surface area contributed by atoms with Gasteiger partial charge in [-0.05, 0) is 48.0 Å². The van der Waals surface area contributed by atoms with Crippen LogP contribution in [0.1, 0.15) is 11.1 Å². The molecular formula is C30H18BrFN4O5. The molecule has 0 fully saturated rings. The minimum atomic E-state index is -0.578. The summed E-state index contributed by atoms with van der Waals surface area (Å²) in [5, 5.41) is 17.5. The molecule has 0 bridgehead atoms. The van der Waals surface area contributed by atoms with E-state index in [1.54, 1.807) is 42.5 Å². The second-order valence-electron chi connectivity index (χ2n) is 8.98. The summed E-state index contributed by atoms with van der Waals surface area (Å²) in [4.78, 5) is 29.6. The molecule has 11 heteroatoms. The lowest BCUT2D eigenvalue weighted by molar-refractivity contribution is -0.386. The van der Waals surface area contributed by atoms with Crippen molar-refractivity contribution in [1.82, 2.24) is 9.66 Å². The van der Waals surface area contributed by atoms with Gasteiger partial charge in [0.05, 0.1) is 22.0 Å². The van der Waals surface area contributed by atoms with E-state index in [1.807, 2.05) is 18.2 Å². The predicted octanol–water partition coefficient (Wildman–Crippen LogP) is 7.08. The number of hydrogen-bond donors (Lipinski definition) is 0. The molecule has 0 atom stereocenters. The number of para-hydroxylation sites is 2. The lowest BCUT2D eigenvalue weighted by atomic mass is 10.2. The highest BCUT2D eigenvalue weighted by Gasteiger charge is 2.22.